The summed E-state index contributed by atoms with van der Waals surface area (Å²) >= 11 is 0. The van der Waals surface area contributed by atoms with Crippen molar-refractivity contribution in [2.24, 2.45) is 10.2 Å². The number of nitrogens with zero attached hydrogens (tertiary/aromatic N) is 2. The fourth-order valence-electron chi connectivity index (χ4n) is 0.563. The molecule has 0 aromatic rings. The molecular formula is C7H12N2O3. The molecule has 0 bridgehead atoms. The Morgan fingerprint density at radius 1 is 1.25 bits per heavy atom. The summed E-state index contributed by atoms with van der Waals surface area (Å²) in [5.74, 6) is -0.877. The molecule has 0 aromatic heterocycles. The first kappa shape index (κ1) is 10.7. The minimum atomic E-state index is -1.06. The number of ether oxygens (including phenoxy) is 1. The largest absolute Gasteiger partial charge is 0.436 e. The van der Waals surface area contributed by atoms with E-state index in [4.69, 9.17) is 4.74 Å². The highest BCUT2D eigenvalue weighted by molar-refractivity contribution is 5.73. The number of azo groups is 1. The third kappa shape index (κ3) is 5.52. The quantitative estimate of drug-likeness (QED) is 0.465. The highest BCUT2D eigenvalue weighted by Gasteiger charge is 2.19. The average molecular weight is 172 g/mol. The molecule has 0 aliphatic heterocycles. The lowest BCUT2D eigenvalue weighted by Gasteiger charge is -2.16. The highest BCUT2D eigenvalue weighted by Crippen LogP contribution is 2.11. The Labute approximate surface area is 70.8 Å². The summed E-state index contributed by atoms with van der Waals surface area (Å²) in [5, 5.41) is 6.79. The third-order valence-corrected chi connectivity index (χ3v) is 0.825. The number of amides is 1. The third-order valence-electron chi connectivity index (χ3n) is 0.825. The van der Waals surface area contributed by atoms with Crippen LogP contribution < -0.4 is 0 Å². The standard InChI is InChI=1S/C7H12N2O3/c1-5(10)8-9-7(3,4)12-6(2)11/h1-4H3. The van der Waals surface area contributed by atoms with Crippen LogP contribution in [0.25, 0.3) is 0 Å². The lowest BCUT2D eigenvalue weighted by Crippen LogP contribution is -2.23. The van der Waals surface area contributed by atoms with E-state index in [0.29, 0.717) is 0 Å². The minimum Gasteiger partial charge on any atom is -0.436 e. The average Bonchev–Trinajstić information content (AvgIpc) is 1.81. The van der Waals surface area contributed by atoms with Gasteiger partial charge in [-0.05, 0) is 13.8 Å². The molecule has 0 atom stereocenters. The number of esters is 1. The van der Waals surface area contributed by atoms with E-state index in [2.05, 4.69) is 10.2 Å². The zero-order chi connectivity index (χ0) is 9.78. The van der Waals surface area contributed by atoms with Gasteiger partial charge >= 0.3 is 5.97 Å². The molecule has 0 N–H and O–H groups in total. The maximum Gasteiger partial charge on any atom is 0.304 e. The van der Waals surface area contributed by atoms with E-state index in [9.17, 15) is 9.59 Å². The zero-order valence-electron chi connectivity index (χ0n) is 7.62. The molecule has 68 valence electrons. The lowest BCUT2D eigenvalue weighted by atomic mass is 10.3. The molecule has 0 saturated heterocycles. The van der Waals surface area contributed by atoms with Gasteiger partial charge in [-0.25, -0.2) is 0 Å². The molecule has 0 aliphatic rings. The Morgan fingerprint density at radius 2 is 1.75 bits per heavy atom. The maximum absolute atomic E-state index is 10.5. The summed E-state index contributed by atoms with van der Waals surface area (Å²) < 4.78 is 4.74. The van der Waals surface area contributed by atoms with Crippen LogP contribution in [0.5, 0.6) is 0 Å². The van der Waals surface area contributed by atoms with Crippen LogP contribution in [0.4, 0.5) is 0 Å². The number of hydrogen-bond donors (Lipinski definition) is 0. The maximum atomic E-state index is 10.5. The second-order valence-corrected chi connectivity index (χ2v) is 2.76. The topological polar surface area (TPSA) is 68.1 Å². The van der Waals surface area contributed by atoms with Gasteiger partial charge in [-0.2, -0.15) is 0 Å². The molecule has 12 heavy (non-hydrogen) atoms. The van der Waals surface area contributed by atoms with Crippen molar-refractivity contribution in [1.29, 1.82) is 0 Å². The van der Waals surface area contributed by atoms with Crippen LogP contribution in [0.2, 0.25) is 0 Å². The SMILES string of the molecule is CC(=O)N=NC(C)(C)OC(C)=O. The van der Waals surface area contributed by atoms with Gasteiger partial charge in [0.05, 0.1) is 0 Å². The number of carbonyl (C=O) groups is 2. The van der Waals surface area contributed by atoms with Gasteiger partial charge in [-0.1, -0.05) is 0 Å². The zero-order valence-corrected chi connectivity index (χ0v) is 7.62. The summed E-state index contributed by atoms with van der Waals surface area (Å²) in [7, 11) is 0. The predicted octanol–water partition coefficient (Wildman–Crippen LogP) is 1.28. The smallest absolute Gasteiger partial charge is 0.304 e. The van der Waals surface area contributed by atoms with Crippen LogP contribution in [0.15, 0.2) is 10.2 Å². The summed E-state index contributed by atoms with van der Waals surface area (Å²) in [6.07, 6.45) is 0. The Kier molecular flexibility index (Phi) is 3.53. The molecule has 0 fully saturated rings. The summed E-state index contributed by atoms with van der Waals surface area (Å²) in [6, 6.07) is 0. The molecule has 5 nitrogen and oxygen atoms in total. The van der Waals surface area contributed by atoms with Crippen molar-refractivity contribution in [3.05, 3.63) is 0 Å². The normalized spacial score (nSPS) is 11.7. The molecule has 0 radical (unpaired) electrons. The monoisotopic (exact) mass is 172 g/mol. The number of carbonyl (C=O) groups excluding carboxylic acids is 2. The van der Waals surface area contributed by atoms with Crippen molar-refractivity contribution >= 4 is 11.9 Å². The van der Waals surface area contributed by atoms with E-state index in [1.807, 2.05) is 0 Å². The van der Waals surface area contributed by atoms with Gasteiger partial charge in [0, 0.05) is 13.8 Å². The van der Waals surface area contributed by atoms with E-state index in [1.165, 1.54) is 13.8 Å². The first-order chi connectivity index (χ1) is 5.33. The Bertz CT molecular complexity index is 221. The van der Waals surface area contributed by atoms with Crippen molar-refractivity contribution in [2.45, 2.75) is 33.4 Å². The van der Waals surface area contributed by atoms with Crippen molar-refractivity contribution in [3.8, 4) is 0 Å². The van der Waals surface area contributed by atoms with Crippen LogP contribution in [0, 0.1) is 0 Å². The fourth-order valence-corrected chi connectivity index (χ4v) is 0.563. The predicted molar refractivity (Wildman–Crippen MR) is 41.4 cm³/mol. The van der Waals surface area contributed by atoms with Crippen LogP contribution in [0.3, 0.4) is 0 Å². The van der Waals surface area contributed by atoms with Crippen LogP contribution in [0.1, 0.15) is 27.7 Å². The van der Waals surface area contributed by atoms with Crippen molar-refractivity contribution in [2.75, 3.05) is 0 Å². The summed E-state index contributed by atoms with van der Waals surface area (Å²) in [5.41, 5.74) is -1.06. The van der Waals surface area contributed by atoms with E-state index >= 15 is 0 Å². The summed E-state index contributed by atoms with van der Waals surface area (Å²) in [6.45, 7) is 5.63. The molecule has 0 saturated carbocycles. The first-order valence-electron chi connectivity index (χ1n) is 3.46. The van der Waals surface area contributed by atoms with Crippen LogP contribution in [-0.4, -0.2) is 17.6 Å². The molecular weight excluding hydrogens is 160 g/mol. The molecule has 0 heterocycles. The molecule has 0 spiro atoms. The van der Waals surface area contributed by atoms with Gasteiger partial charge in [0.25, 0.3) is 5.91 Å². The second kappa shape index (κ2) is 3.94. The highest BCUT2D eigenvalue weighted by atomic mass is 16.6. The Morgan fingerprint density at radius 3 is 2.08 bits per heavy atom. The van der Waals surface area contributed by atoms with E-state index in [1.54, 1.807) is 13.8 Å². The van der Waals surface area contributed by atoms with E-state index in [0.717, 1.165) is 0 Å². The summed E-state index contributed by atoms with van der Waals surface area (Å²) in [4.78, 5) is 20.9. The van der Waals surface area contributed by atoms with Crippen LogP contribution >= 0.6 is 0 Å². The van der Waals surface area contributed by atoms with Gasteiger partial charge in [0.2, 0.25) is 5.72 Å². The lowest BCUT2D eigenvalue weighted by molar-refractivity contribution is -0.153. The van der Waals surface area contributed by atoms with Gasteiger partial charge in [0.1, 0.15) is 0 Å². The molecule has 5 heteroatoms. The van der Waals surface area contributed by atoms with Gasteiger partial charge in [-0.3, -0.25) is 9.59 Å². The van der Waals surface area contributed by atoms with Crippen molar-refractivity contribution in [3.63, 3.8) is 0 Å². The van der Waals surface area contributed by atoms with E-state index in [-0.39, 0.29) is 0 Å². The fraction of sp³-hybridized carbons (Fsp3) is 0.714. The number of hydrogen-bond acceptors (Lipinski definition) is 4. The second-order valence-electron chi connectivity index (χ2n) is 2.76. The van der Waals surface area contributed by atoms with Gasteiger partial charge in [0.15, 0.2) is 0 Å². The molecule has 0 rings (SSSR count). The minimum absolute atomic E-state index is 0.421. The Balaban J connectivity index is 4.21. The molecule has 1 amide bonds. The van der Waals surface area contributed by atoms with Crippen LogP contribution in [-0.2, 0) is 14.3 Å². The molecule has 0 aromatic carbocycles. The molecule has 0 unspecified atom stereocenters. The van der Waals surface area contributed by atoms with Crippen molar-refractivity contribution in [1.82, 2.24) is 0 Å². The van der Waals surface area contributed by atoms with Gasteiger partial charge in [-0.15, -0.1) is 10.2 Å². The number of rotatable bonds is 2. The van der Waals surface area contributed by atoms with Crippen molar-refractivity contribution < 1.29 is 14.3 Å². The Hall–Kier alpha value is -1.26. The molecule has 0 aliphatic carbocycles. The van der Waals surface area contributed by atoms with E-state index < -0.39 is 17.6 Å². The van der Waals surface area contributed by atoms with Gasteiger partial charge < -0.3 is 4.74 Å². The first-order valence-corrected chi connectivity index (χ1v) is 3.46.